The summed E-state index contributed by atoms with van der Waals surface area (Å²) in [5, 5.41) is 5.71. The second-order valence-electron chi connectivity index (χ2n) is 5.84. The third-order valence-corrected chi connectivity index (χ3v) is 3.85. The minimum atomic E-state index is -0.425. The molecular weight excluding hydrogens is 266 g/mol. The minimum Gasteiger partial charge on any atom is -0.352 e. The van der Waals surface area contributed by atoms with Crippen LogP contribution in [0.15, 0.2) is 24.3 Å². The van der Waals surface area contributed by atoms with Gasteiger partial charge in [0.1, 0.15) is 0 Å². The van der Waals surface area contributed by atoms with Crippen LogP contribution in [0.2, 0.25) is 0 Å². The molecule has 0 bridgehead atoms. The molecule has 0 fully saturated rings. The van der Waals surface area contributed by atoms with Crippen molar-refractivity contribution in [2.45, 2.75) is 39.8 Å². The monoisotopic (exact) mass is 291 g/mol. The van der Waals surface area contributed by atoms with E-state index in [1.807, 2.05) is 32.9 Å². The lowest BCUT2D eigenvalue weighted by atomic mass is 9.88. The quantitative estimate of drug-likeness (QED) is 0.741. The molecule has 0 heterocycles. The first-order valence-corrected chi connectivity index (χ1v) is 7.14. The van der Waals surface area contributed by atoms with Gasteiger partial charge in [-0.3, -0.25) is 9.59 Å². The van der Waals surface area contributed by atoms with Gasteiger partial charge >= 0.3 is 0 Å². The fourth-order valence-corrected chi connectivity index (χ4v) is 1.76. The molecule has 116 valence electrons. The van der Waals surface area contributed by atoms with Crippen LogP contribution >= 0.6 is 0 Å². The first-order chi connectivity index (χ1) is 9.78. The van der Waals surface area contributed by atoms with Crippen molar-refractivity contribution in [2.24, 2.45) is 11.7 Å². The first kappa shape index (κ1) is 17.2. The number of nitrogens with one attached hydrogen (secondary N) is 2. The van der Waals surface area contributed by atoms with Gasteiger partial charge in [-0.2, -0.15) is 0 Å². The molecule has 1 aromatic carbocycles. The molecule has 5 heteroatoms. The van der Waals surface area contributed by atoms with E-state index >= 15 is 0 Å². The molecule has 1 rings (SSSR count). The van der Waals surface area contributed by atoms with Gasteiger partial charge in [0.25, 0.3) is 5.91 Å². The van der Waals surface area contributed by atoms with Crippen LogP contribution in [0.5, 0.6) is 0 Å². The summed E-state index contributed by atoms with van der Waals surface area (Å²) in [6.45, 7) is 8.33. The normalized spacial score (nSPS) is 13.6. The molecule has 0 saturated carbocycles. The van der Waals surface area contributed by atoms with Crippen molar-refractivity contribution < 1.29 is 9.59 Å². The Labute approximate surface area is 126 Å². The van der Waals surface area contributed by atoms with Crippen molar-refractivity contribution in [3.05, 3.63) is 35.4 Å². The highest BCUT2D eigenvalue weighted by atomic mass is 16.2. The molecule has 0 aliphatic carbocycles. The molecular formula is C16H25N3O2. The summed E-state index contributed by atoms with van der Waals surface area (Å²) in [4.78, 5) is 23.1. The fourth-order valence-electron chi connectivity index (χ4n) is 1.76. The van der Waals surface area contributed by atoms with Crippen LogP contribution in [0.4, 0.5) is 0 Å². The van der Waals surface area contributed by atoms with E-state index in [0.29, 0.717) is 18.7 Å². The van der Waals surface area contributed by atoms with Crippen molar-refractivity contribution >= 4 is 11.8 Å². The Morgan fingerprint density at radius 1 is 1.24 bits per heavy atom. The Morgan fingerprint density at radius 3 is 2.24 bits per heavy atom. The second-order valence-corrected chi connectivity index (χ2v) is 5.84. The van der Waals surface area contributed by atoms with E-state index in [-0.39, 0.29) is 17.7 Å². The zero-order chi connectivity index (χ0) is 16.0. The van der Waals surface area contributed by atoms with Gasteiger partial charge in [0.2, 0.25) is 5.91 Å². The van der Waals surface area contributed by atoms with Crippen molar-refractivity contribution in [2.75, 3.05) is 6.54 Å². The summed E-state index contributed by atoms with van der Waals surface area (Å²) in [5.74, 6) is 0.0284. The maximum absolute atomic E-state index is 12.3. The van der Waals surface area contributed by atoms with Crippen LogP contribution in [0.1, 0.15) is 43.6 Å². The predicted molar refractivity (Wildman–Crippen MR) is 83.7 cm³/mol. The van der Waals surface area contributed by atoms with Crippen LogP contribution in [0, 0.1) is 5.92 Å². The molecule has 1 aromatic rings. The Balaban J connectivity index is 2.73. The lowest BCUT2D eigenvalue weighted by Crippen LogP contribution is -2.55. The molecule has 0 aromatic heterocycles. The maximum atomic E-state index is 12.3. The van der Waals surface area contributed by atoms with Crippen molar-refractivity contribution in [1.82, 2.24) is 10.6 Å². The molecule has 5 nitrogen and oxygen atoms in total. The molecule has 0 aliphatic heterocycles. The van der Waals surface area contributed by atoms with Crippen LogP contribution in [-0.2, 0) is 11.3 Å². The number of hydrogen-bond donors (Lipinski definition) is 3. The average Bonchev–Trinajstić information content (AvgIpc) is 2.45. The SMILES string of the molecule is CC(=O)NCc1ccc(C(=O)NC(C)(CN)C(C)C)cc1. The van der Waals surface area contributed by atoms with Gasteiger partial charge in [-0.15, -0.1) is 0 Å². The molecule has 4 N–H and O–H groups in total. The van der Waals surface area contributed by atoms with Gasteiger partial charge in [-0.1, -0.05) is 26.0 Å². The van der Waals surface area contributed by atoms with Gasteiger partial charge in [0.15, 0.2) is 0 Å². The van der Waals surface area contributed by atoms with E-state index in [0.717, 1.165) is 5.56 Å². The van der Waals surface area contributed by atoms with E-state index < -0.39 is 5.54 Å². The number of rotatable bonds is 6. The lowest BCUT2D eigenvalue weighted by molar-refractivity contribution is -0.119. The molecule has 0 spiro atoms. The van der Waals surface area contributed by atoms with E-state index in [2.05, 4.69) is 10.6 Å². The molecule has 2 amide bonds. The van der Waals surface area contributed by atoms with Crippen molar-refractivity contribution in [1.29, 1.82) is 0 Å². The molecule has 0 aliphatic rings. The Bertz CT molecular complexity index is 497. The van der Waals surface area contributed by atoms with Crippen molar-refractivity contribution in [3.8, 4) is 0 Å². The largest absolute Gasteiger partial charge is 0.352 e. The van der Waals surface area contributed by atoms with Gasteiger partial charge in [0.05, 0.1) is 5.54 Å². The number of benzene rings is 1. The van der Waals surface area contributed by atoms with E-state index in [9.17, 15) is 9.59 Å². The first-order valence-electron chi connectivity index (χ1n) is 7.14. The van der Waals surface area contributed by atoms with Crippen molar-refractivity contribution in [3.63, 3.8) is 0 Å². The Hall–Kier alpha value is -1.88. The maximum Gasteiger partial charge on any atom is 0.251 e. The number of carbonyl (C=O) groups excluding carboxylic acids is 2. The molecule has 1 unspecified atom stereocenters. The number of hydrogen-bond acceptors (Lipinski definition) is 3. The number of carbonyl (C=O) groups is 2. The van der Waals surface area contributed by atoms with Crippen LogP contribution < -0.4 is 16.4 Å². The smallest absolute Gasteiger partial charge is 0.251 e. The molecule has 21 heavy (non-hydrogen) atoms. The lowest BCUT2D eigenvalue weighted by Gasteiger charge is -2.33. The van der Waals surface area contributed by atoms with Gasteiger partial charge in [-0.25, -0.2) is 0 Å². The Morgan fingerprint density at radius 2 is 1.81 bits per heavy atom. The minimum absolute atomic E-state index is 0.0764. The third-order valence-electron chi connectivity index (χ3n) is 3.85. The summed E-state index contributed by atoms with van der Waals surface area (Å²) in [6, 6.07) is 7.17. The zero-order valence-corrected chi connectivity index (χ0v) is 13.2. The van der Waals surface area contributed by atoms with Crippen LogP contribution in [-0.4, -0.2) is 23.9 Å². The molecule has 0 radical (unpaired) electrons. The third kappa shape index (κ3) is 4.86. The Kier molecular flexibility index (Phi) is 5.90. The highest BCUT2D eigenvalue weighted by Crippen LogP contribution is 2.16. The number of amides is 2. The van der Waals surface area contributed by atoms with Gasteiger partial charge in [-0.05, 0) is 30.5 Å². The average molecular weight is 291 g/mol. The second kappa shape index (κ2) is 7.22. The summed E-state index contributed by atoms with van der Waals surface area (Å²) in [7, 11) is 0. The highest BCUT2D eigenvalue weighted by molar-refractivity contribution is 5.94. The summed E-state index contributed by atoms with van der Waals surface area (Å²) in [5.41, 5.74) is 6.88. The van der Waals surface area contributed by atoms with E-state index in [1.165, 1.54) is 6.92 Å². The molecule has 0 saturated heterocycles. The standard InChI is InChI=1S/C16H25N3O2/c1-11(2)16(4,10-17)19-15(21)14-7-5-13(6-8-14)9-18-12(3)20/h5-8,11H,9-10,17H2,1-4H3,(H,18,20)(H,19,21). The topological polar surface area (TPSA) is 84.2 Å². The van der Waals surface area contributed by atoms with E-state index in [4.69, 9.17) is 5.73 Å². The van der Waals surface area contributed by atoms with E-state index in [1.54, 1.807) is 12.1 Å². The number of nitrogens with two attached hydrogens (primary N) is 1. The van der Waals surface area contributed by atoms with Crippen LogP contribution in [0.3, 0.4) is 0 Å². The van der Waals surface area contributed by atoms with Crippen LogP contribution in [0.25, 0.3) is 0 Å². The molecule has 1 atom stereocenters. The van der Waals surface area contributed by atoms with Gasteiger partial charge in [0, 0.05) is 25.6 Å². The van der Waals surface area contributed by atoms with Gasteiger partial charge < -0.3 is 16.4 Å². The fraction of sp³-hybridized carbons (Fsp3) is 0.500. The summed E-state index contributed by atoms with van der Waals surface area (Å²) in [6.07, 6.45) is 0. The zero-order valence-electron chi connectivity index (χ0n) is 13.2. The predicted octanol–water partition coefficient (Wildman–Crippen LogP) is 1.43. The summed E-state index contributed by atoms with van der Waals surface area (Å²) < 4.78 is 0. The summed E-state index contributed by atoms with van der Waals surface area (Å²) >= 11 is 0. The highest BCUT2D eigenvalue weighted by Gasteiger charge is 2.28.